The van der Waals surface area contributed by atoms with Crippen molar-refractivity contribution in [2.75, 3.05) is 17.7 Å². The summed E-state index contributed by atoms with van der Waals surface area (Å²) in [7, 11) is 1.53. The highest BCUT2D eigenvalue weighted by Gasteiger charge is 2.30. The second-order valence-corrected chi connectivity index (χ2v) is 7.59. The fraction of sp³-hybridized carbons (Fsp3) is 0.350. The normalized spacial score (nSPS) is 16.3. The van der Waals surface area contributed by atoms with Crippen molar-refractivity contribution in [3.05, 3.63) is 42.2 Å². The number of carbonyl (C=O) groups is 2. The Kier molecular flexibility index (Phi) is 4.78. The molecule has 1 aromatic heterocycles. The number of aromatic nitrogens is 2. The van der Waals surface area contributed by atoms with Gasteiger partial charge in [-0.2, -0.15) is 5.10 Å². The van der Waals surface area contributed by atoms with E-state index in [2.05, 4.69) is 22.3 Å². The lowest BCUT2D eigenvalue weighted by molar-refractivity contribution is -0.123. The lowest BCUT2D eigenvalue weighted by Gasteiger charge is -2.27. The van der Waals surface area contributed by atoms with E-state index < -0.39 is 5.41 Å². The van der Waals surface area contributed by atoms with Crippen LogP contribution in [0.15, 0.2) is 31.1 Å². The van der Waals surface area contributed by atoms with Crippen LogP contribution >= 0.6 is 0 Å². The largest absolute Gasteiger partial charge is 0.494 e. The lowest BCUT2D eigenvalue weighted by atomic mass is 9.85. The molecule has 2 amide bonds. The van der Waals surface area contributed by atoms with Crippen molar-refractivity contribution in [2.24, 2.45) is 5.41 Å². The molecule has 0 fully saturated rings. The Hall–Kier alpha value is -3.09. The Labute approximate surface area is 158 Å². The van der Waals surface area contributed by atoms with Gasteiger partial charge in [-0.3, -0.25) is 9.59 Å². The number of nitrogens with one attached hydrogen (secondary N) is 2. The van der Waals surface area contributed by atoms with E-state index in [1.165, 1.54) is 7.11 Å². The lowest BCUT2D eigenvalue weighted by Crippen LogP contribution is -2.28. The number of hydrogen-bond acceptors (Lipinski definition) is 4. The Morgan fingerprint density at radius 3 is 2.78 bits per heavy atom. The van der Waals surface area contributed by atoms with E-state index in [0.29, 0.717) is 23.5 Å². The quantitative estimate of drug-likeness (QED) is 0.865. The van der Waals surface area contributed by atoms with Crippen LogP contribution in [0.4, 0.5) is 11.4 Å². The predicted molar refractivity (Wildman–Crippen MR) is 105 cm³/mol. The molecule has 2 heterocycles. The van der Waals surface area contributed by atoms with Crippen molar-refractivity contribution in [2.45, 2.75) is 33.1 Å². The van der Waals surface area contributed by atoms with Crippen LogP contribution in [0.2, 0.25) is 0 Å². The van der Waals surface area contributed by atoms with Crippen molar-refractivity contribution in [1.82, 2.24) is 9.78 Å². The zero-order valence-corrected chi connectivity index (χ0v) is 16.0. The molecule has 2 aromatic rings. The van der Waals surface area contributed by atoms with Crippen LogP contribution in [0.3, 0.4) is 0 Å². The van der Waals surface area contributed by atoms with Crippen LogP contribution in [-0.2, 0) is 9.59 Å². The van der Waals surface area contributed by atoms with E-state index in [1.807, 2.05) is 33.0 Å². The average Bonchev–Trinajstić information content (AvgIpc) is 3.09. The summed E-state index contributed by atoms with van der Waals surface area (Å²) in [5.41, 5.74) is 2.52. The minimum absolute atomic E-state index is 0.0765. The number of amides is 2. The third kappa shape index (κ3) is 3.72. The smallest absolute Gasteiger partial charge is 0.229 e. The molecular formula is C20H24N4O3. The maximum atomic E-state index is 12.5. The molecule has 142 valence electrons. The van der Waals surface area contributed by atoms with Crippen molar-refractivity contribution in [3.63, 3.8) is 0 Å². The van der Waals surface area contributed by atoms with Crippen LogP contribution in [0.25, 0.3) is 6.20 Å². The molecule has 1 aliphatic rings. The van der Waals surface area contributed by atoms with Crippen LogP contribution < -0.4 is 15.4 Å². The van der Waals surface area contributed by atoms with Crippen molar-refractivity contribution in [1.29, 1.82) is 0 Å². The molecular weight excluding hydrogens is 344 g/mol. The number of ether oxygens (including phenoxy) is 1. The molecule has 0 spiro atoms. The molecule has 1 aliphatic heterocycles. The maximum Gasteiger partial charge on any atom is 0.229 e. The number of carbonyl (C=O) groups excluding carboxylic acids is 2. The highest BCUT2D eigenvalue weighted by Crippen LogP contribution is 2.42. The standard InChI is InChI=1S/C20H24N4O3/c1-6-24-11-12(10-21-24)13-8-18(25)22-15-9-17(27-5)16(7-14(13)15)23-19(26)20(2,3)4/h6-7,9-11,13H,1,8H2,2-5H3,(H,22,25)(H,23,26)/t13-/m1/s1. The van der Waals surface area contributed by atoms with Gasteiger partial charge in [-0.05, 0) is 17.2 Å². The van der Waals surface area contributed by atoms with Crippen molar-refractivity contribution < 1.29 is 14.3 Å². The summed E-state index contributed by atoms with van der Waals surface area (Å²) in [5, 5.41) is 10.0. The minimum atomic E-state index is -0.542. The second kappa shape index (κ2) is 6.90. The fourth-order valence-electron chi connectivity index (χ4n) is 3.00. The molecule has 1 aromatic carbocycles. The Morgan fingerprint density at radius 2 is 2.19 bits per heavy atom. The summed E-state index contributed by atoms with van der Waals surface area (Å²) in [6.45, 7) is 9.24. The number of hydrogen-bond donors (Lipinski definition) is 2. The van der Waals surface area contributed by atoms with Gasteiger partial charge in [0, 0.05) is 41.9 Å². The van der Waals surface area contributed by atoms with E-state index in [1.54, 1.807) is 23.1 Å². The van der Waals surface area contributed by atoms with Crippen LogP contribution in [0.1, 0.15) is 44.2 Å². The number of benzene rings is 1. The topological polar surface area (TPSA) is 85.3 Å². The molecule has 7 nitrogen and oxygen atoms in total. The van der Waals surface area contributed by atoms with E-state index >= 15 is 0 Å². The van der Waals surface area contributed by atoms with Gasteiger partial charge in [-0.25, -0.2) is 4.68 Å². The monoisotopic (exact) mass is 368 g/mol. The van der Waals surface area contributed by atoms with Gasteiger partial charge in [0.2, 0.25) is 11.8 Å². The Balaban J connectivity index is 2.06. The van der Waals surface area contributed by atoms with E-state index in [4.69, 9.17) is 4.74 Å². The predicted octanol–water partition coefficient (Wildman–Crippen LogP) is 3.45. The Morgan fingerprint density at radius 1 is 1.44 bits per heavy atom. The molecule has 27 heavy (non-hydrogen) atoms. The van der Waals surface area contributed by atoms with Gasteiger partial charge in [-0.15, -0.1) is 0 Å². The van der Waals surface area contributed by atoms with Gasteiger partial charge in [0.1, 0.15) is 5.75 Å². The molecule has 2 N–H and O–H groups in total. The van der Waals surface area contributed by atoms with E-state index in [0.717, 1.165) is 11.1 Å². The first-order valence-electron chi connectivity index (χ1n) is 8.72. The van der Waals surface area contributed by atoms with Gasteiger partial charge in [0.15, 0.2) is 0 Å². The molecule has 0 saturated carbocycles. The molecule has 7 heteroatoms. The summed E-state index contributed by atoms with van der Waals surface area (Å²) < 4.78 is 7.03. The Bertz CT molecular complexity index is 908. The van der Waals surface area contributed by atoms with Crippen LogP contribution in [0.5, 0.6) is 5.75 Å². The molecule has 0 saturated heterocycles. The summed E-state index contributed by atoms with van der Waals surface area (Å²) in [6.07, 6.45) is 5.47. The fourth-order valence-corrected chi connectivity index (χ4v) is 3.00. The van der Waals surface area contributed by atoms with Crippen molar-refractivity contribution in [3.8, 4) is 5.75 Å². The van der Waals surface area contributed by atoms with Gasteiger partial charge < -0.3 is 15.4 Å². The van der Waals surface area contributed by atoms with Gasteiger partial charge >= 0.3 is 0 Å². The number of nitrogens with zero attached hydrogens (tertiary/aromatic N) is 2. The summed E-state index contributed by atoms with van der Waals surface area (Å²) in [6, 6.07) is 3.61. The zero-order chi connectivity index (χ0) is 19.8. The molecule has 0 aliphatic carbocycles. The highest BCUT2D eigenvalue weighted by molar-refractivity contribution is 5.99. The highest BCUT2D eigenvalue weighted by atomic mass is 16.5. The summed E-state index contributed by atoms with van der Waals surface area (Å²) in [4.78, 5) is 24.7. The SMILES string of the molecule is C=Cn1cc([C@H]2CC(=O)Nc3cc(OC)c(NC(=O)C(C)(C)C)cc32)cn1. The third-order valence-corrected chi connectivity index (χ3v) is 4.55. The van der Waals surface area contributed by atoms with E-state index in [9.17, 15) is 9.59 Å². The molecule has 0 bridgehead atoms. The first-order chi connectivity index (χ1) is 12.7. The van der Waals surface area contributed by atoms with Gasteiger partial charge in [0.25, 0.3) is 0 Å². The molecule has 1 atom stereocenters. The number of fused-ring (bicyclic) bond motifs is 1. The number of anilines is 2. The zero-order valence-electron chi connectivity index (χ0n) is 16.0. The molecule has 0 unspecified atom stereocenters. The first kappa shape index (κ1) is 18.7. The summed E-state index contributed by atoms with van der Waals surface area (Å²) >= 11 is 0. The second-order valence-electron chi connectivity index (χ2n) is 7.59. The van der Waals surface area contributed by atoms with Gasteiger partial charge in [-0.1, -0.05) is 27.4 Å². The van der Waals surface area contributed by atoms with Crippen LogP contribution in [-0.4, -0.2) is 28.7 Å². The van der Waals surface area contributed by atoms with Crippen molar-refractivity contribution >= 4 is 29.4 Å². The van der Waals surface area contributed by atoms with Gasteiger partial charge in [0.05, 0.1) is 19.0 Å². The minimum Gasteiger partial charge on any atom is -0.494 e. The number of rotatable bonds is 4. The number of methoxy groups -OCH3 is 1. The third-order valence-electron chi connectivity index (χ3n) is 4.55. The summed E-state index contributed by atoms with van der Waals surface area (Å²) in [5.74, 6) is 0.136. The molecule has 0 radical (unpaired) electrons. The molecule has 3 rings (SSSR count). The van der Waals surface area contributed by atoms with Crippen LogP contribution in [0, 0.1) is 5.41 Å². The maximum absolute atomic E-state index is 12.5. The average molecular weight is 368 g/mol. The van der Waals surface area contributed by atoms with E-state index in [-0.39, 0.29) is 17.7 Å². The first-order valence-corrected chi connectivity index (χ1v) is 8.72.